The van der Waals surface area contributed by atoms with Crippen LogP contribution in [-0.2, 0) is 9.59 Å². The molecule has 0 radical (unpaired) electrons. The third-order valence-corrected chi connectivity index (χ3v) is 2.48. The molecule has 0 bridgehead atoms. The highest BCUT2D eigenvalue weighted by Gasteiger charge is 2.36. The predicted molar refractivity (Wildman–Crippen MR) is 59.4 cm³/mol. The fraction of sp³-hybridized carbons (Fsp3) is 0.273. The first-order valence-electron chi connectivity index (χ1n) is 4.77. The predicted octanol–water partition coefficient (Wildman–Crippen LogP) is 0.257. The largest absolute Gasteiger partial charge is 0.478 e. The highest BCUT2D eigenvalue weighted by atomic mass is 16.4. The Morgan fingerprint density at radius 2 is 2.12 bits per heavy atom. The topological polar surface area (TPSA) is 83.6 Å². The molecule has 0 aliphatic heterocycles. The number of carbonyl (C=O) groups is 2. The van der Waals surface area contributed by atoms with Gasteiger partial charge in [0.15, 0.2) is 5.78 Å². The number of ketones is 1. The van der Waals surface area contributed by atoms with Gasteiger partial charge in [-0.3, -0.25) is 10.6 Å². The van der Waals surface area contributed by atoms with Crippen LogP contribution in [0.5, 0.6) is 0 Å². The molecule has 0 amide bonds. The summed E-state index contributed by atoms with van der Waals surface area (Å²) < 4.78 is 0. The number of allylic oxidation sites excluding steroid dienone is 2. The fourth-order valence-electron chi connectivity index (χ4n) is 1.52. The van der Waals surface area contributed by atoms with Gasteiger partial charge in [-0.1, -0.05) is 24.3 Å². The van der Waals surface area contributed by atoms with Gasteiger partial charge in [-0.15, -0.1) is 0 Å². The van der Waals surface area contributed by atoms with Crippen LogP contribution in [0.1, 0.15) is 6.42 Å². The molecule has 1 unspecified atom stereocenters. The lowest BCUT2D eigenvalue weighted by Crippen LogP contribution is -2.54. The molecule has 86 valence electrons. The zero-order valence-electron chi connectivity index (χ0n) is 8.96. The number of hydrogen-bond acceptors (Lipinski definition) is 4. The second-order valence-electron chi connectivity index (χ2n) is 3.56. The molecule has 0 spiro atoms. The number of nitrogens with two attached hydrogens (primary N) is 1. The summed E-state index contributed by atoms with van der Waals surface area (Å²) in [6.45, 7) is 0. The number of carbonyl (C=O) groups excluding carboxylic acids is 1. The van der Waals surface area contributed by atoms with Crippen molar-refractivity contribution >= 4 is 11.8 Å². The van der Waals surface area contributed by atoms with E-state index in [-0.39, 0.29) is 5.78 Å². The monoisotopic (exact) mass is 222 g/mol. The summed E-state index contributed by atoms with van der Waals surface area (Å²) in [4.78, 5) is 22.3. The second kappa shape index (κ2) is 4.87. The van der Waals surface area contributed by atoms with E-state index in [0.717, 1.165) is 12.2 Å². The lowest BCUT2D eigenvalue weighted by molar-refractivity contribution is -0.132. The Morgan fingerprint density at radius 1 is 1.44 bits per heavy atom. The van der Waals surface area contributed by atoms with Crippen molar-refractivity contribution in [1.29, 1.82) is 0 Å². The second-order valence-corrected chi connectivity index (χ2v) is 3.56. The minimum Gasteiger partial charge on any atom is -0.478 e. The number of hydrogen-bond donors (Lipinski definition) is 2. The van der Waals surface area contributed by atoms with Gasteiger partial charge in [0.1, 0.15) is 5.54 Å². The average molecular weight is 222 g/mol. The lowest BCUT2D eigenvalue weighted by Gasteiger charge is -2.34. The Balaban J connectivity index is 2.95. The van der Waals surface area contributed by atoms with Gasteiger partial charge in [-0.2, -0.15) is 0 Å². The van der Waals surface area contributed by atoms with Crippen LogP contribution in [0.2, 0.25) is 0 Å². The van der Waals surface area contributed by atoms with Crippen molar-refractivity contribution in [3.63, 3.8) is 0 Å². The zero-order valence-corrected chi connectivity index (χ0v) is 8.96. The number of rotatable bonds is 4. The van der Waals surface area contributed by atoms with Crippen molar-refractivity contribution in [2.45, 2.75) is 12.0 Å². The van der Waals surface area contributed by atoms with E-state index in [1.807, 2.05) is 12.2 Å². The maximum atomic E-state index is 11.9. The average Bonchev–Trinajstić information content (AvgIpc) is 2.26. The Bertz CT molecular complexity index is 383. The van der Waals surface area contributed by atoms with Crippen LogP contribution < -0.4 is 5.84 Å². The summed E-state index contributed by atoms with van der Waals surface area (Å²) in [5, 5.41) is 9.76. The maximum Gasteiger partial charge on any atom is 0.328 e. The Labute approximate surface area is 93.5 Å². The number of aliphatic carboxylic acids is 1. The smallest absolute Gasteiger partial charge is 0.328 e. The van der Waals surface area contributed by atoms with Gasteiger partial charge < -0.3 is 5.11 Å². The Morgan fingerprint density at radius 3 is 2.56 bits per heavy atom. The van der Waals surface area contributed by atoms with Gasteiger partial charge in [0.25, 0.3) is 0 Å². The zero-order chi connectivity index (χ0) is 12.2. The van der Waals surface area contributed by atoms with E-state index in [4.69, 9.17) is 10.9 Å². The van der Waals surface area contributed by atoms with Crippen LogP contribution in [0.25, 0.3) is 0 Å². The minimum absolute atomic E-state index is 0.347. The fourth-order valence-corrected chi connectivity index (χ4v) is 1.52. The number of nitrogens with zero attached hydrogens (tertiary/aromatic N) is 1. The molecular formula is C11H14N2O3. The summed E-state index contributed by atoms with van der Waals surface area (Å²) >= 11 is 0. The van der Waals surface area contributed by atoms with Crippen LogP contribution in [0.15, 0.2) is 36.5 Å². The Hall–Kier alpha value is -1.72. The molecule has 5 nitrogen and oxygen atoms in total. The molecule has 3 N–H and O–H groups in total. The van der Waals surface area contributed by atoms with E-state index in [1.54, 1.807) is 19.2 Å². The summed E-state index contributed by atoms with van der Waals surface area (Å²) in [5.74, 6) is 4.15. The van der Waals surface area contributed by atoms with E-state index >= 15 is 0 Å². The molecule has 5 heteroatoms. The normalized spacial score (nSPS) is 24.2. The summed E-state index contributed by atoms with van der Waals surface area (Å²) in [6, 6.07) is 0. The van der Waals surface area contributed by atoms with E-state index in [1.165, 1.54) is 5.01 Å². The molecule has 0 aromatic heterocycles. The lowest BCUT2D eigenvalue weighted by atomic mass is 9.86. The maximum absolute atomic E-state index is 11.9. The molecule has 0 fully saturated rings. The molecule has 1 atom stereocenters. The summed E-state index contributed by atoms with van der Waals surface area (Å²) in [6.07, 6.45) is 9.31. The molecule has 16 heavy (non-hydrogen) atoms. The van der Waals surface area contributed by atoms with Gasteiger partial charge in [-0.25, -0.2) is 9.80 Å². The van der Waals surface area contributed by atoms with Crippen molar-refractivity contribution in [3.8, 4) is 0 Å². The van der Waals surface area contributed by atoms with Gasteiger partial charge in [-0.05, 0) is 12.5 Å². The van der Waals surface area contributed by atoms with Crippen LogP contribution in [-0.4, -0.2) is 34.5 Å². The summed E-state index contributed by atoms with van der Waals surface area (Å²) in [7, 11) is 1.58. The molecule has 0 aromatic carbocycles. The van der Waals surface area contributed by atoms with Crippen LogP contribution in [0, 0.1) is 0 Å². The first kappa shape index (κ1) is 12.4. The molecule has 0 saturated heterocycles. The van der Waals surface area contributed by atoms with Gasteiger partial charge in [0.05, 0.1) is 0 Å². The third-order valence-electron chi connectivity index (χ3n) is 2.48. The van der Waals surface area contributed by atoms with Gasteiger partial charge >= 0.3 is 5.97 Å². The third kappa shape index (κ3) is 2.44. The van der Waals surface area contributed by atoms with E-state index in [2.05, 4.69) is 0 Å². The van der Waals surface area contributed by atoms with Crippen LogP contribution in [0.3, 0.4) is 0 Å². The summed E-state index contributed by atoms with van der Waals surface area (Å²) in [5.41, 5.74) is -0.972. The van der Waals surface area contributed by atoms with Gasteiger partial charge in [0.2, 0.25) is 0 Å². The number of hydrazine groups is 1. The van der Waals surface area contributed by atoms with Crippen molar-refractivity contribution < 1.29 is 14.7 Å². The van der Waals surface area contributed by atoms with E-state index in [9.17, 15) is 9.59 Å². The van der Waals surface area contributed by atoms with Crippen molar-refractivity contribution in [1.82, 2.24) is 5.01 Å². The highest BCUT2D eigenvalue weighted by Crippen LogP contribution is 2.23. The minimum atomic E-state index is -1.15. The first-order chi connectivity index (χ1) is 7.49. The first-order valence-corrected chi connectivity index (χ1v) is 4.77. The van der Waals surface area contributed by atoms with E-state index < -0.39 is 11.5 Å². The number of likely N-dealkylation sites (N-methyl/N-ethyl adjacent to an activating group) is 1. The van der Waals surface area contributed by atoms with Crippen LogP contribution >= 0.6 is 0 Å². The molecule has 0 aromatic rings. The van der Waals surface area contributed by atoms with E-state index in [0.29, 0.717) is 6.42 Å². The molecule has 1 aliphatic rings. The van der Waals surface area contributed by atoms with Crippen molar-refractivity contribution in [2.24, 2.45) is 5.84 Å². The Kier molecular flexibility index (Phi) is 3.76. The molecule has 1 aliphatic carbocycles. The van der Waals surface area contributed by atoms with Crippen molar-refractivity contribution in [2.75, 3.05) is 7.05 Å². The highest BCUT2D eigenvalue weighted by molar-refractivity contribution is 6.02. The van der Waals surface area contributed by atoms with Crippen LogP contribution in [0.4, 0.5) is 0 Å². The molecule has 0 saturated carbocycles. The SMILES string of the molecule is CN(N)C1(C(=O)C=CC(=O)O)C=CC=CC1. The molecule has 1 rings (SSSR count). The molecule has 0 heterocycles. The number of carboxylic acid groups (broad SMARTS) is 1. The molecular weight excluding hydrogens is 208 g/mol. The quantitative estimate of drug-likeness (QED) is 0.405. The standard InChI is InChI=1S/C11H14N2O3/c1-13(12)11(7-3-2-4-8-11)9(14)5-6-10(15)16/h2-7H,8,12H2,1H3,(H,15,16). The van der Waals surface area contributed by atoms with Crippen molar-refractivity contribution in [3.05, 3.63) is 36.5 Å². The van der Waals surface area contributed by atoms with Gasteiger partial charge in [0, 0.05) is 13.1 Å². The number of carboxylic acids is 1.